The molecule has 1 saturated carbocycles. The van der Waals surface area contributed by atoms with Crippen LogP contribution in [0.1, 0.15) is 20.3 Å². The van der Waals surface area contributed by atoms with Crippen molar-refractivity contribution in [1.82, 2.24) is 0 Å². The number of nitrogens with one attached hydrogen (secondary N) is 1. The molecule has 5 nitrogen and oxygen atoms in total. The fourth-order valence-corrected chi connectivity index (χ4v) is 2.53. The van der Waals surface area contributed by atoms with E-state index >= 15 is 0 Å². The lowest BCUT2D eigenvalue weighted by Crippen LogP contribution is -2.54. The highest BCUT2D eigenvalue weighted by Gasteiger charge is 2.48. The van der Waals surface area contributed by atoms with Crippen LogP contribution >= 0.6 is 24.0 Å². The highest BCUT2D eigenvalue weighted by atomic mass is 127. The second-order valence-electron chi connectivity index (χ2n) is 5.67. The van der Waals surface area contributed by atoms with Crippen LogP contribution in [0.15, 0.2) is 29.3 Å². The second-order valence-corrected chi connectivity index (χ2v) is 5.67. The van der Waals surface area contributed by atoms with Gasteiger partial charge in [-0.15, -0.1) is 24.0 Å². The molecule has 2 atom stereocenters. The van der Waals surface area contributed by atoms with Gasteiger partial charge in [-0.05, 0) is 18.6 Å². The van der Waals surface area contributed by atoms with E-state index in [1.807, 2.05) is 24.3 Å². The van der Waals surface area contributed by atoms with Crippen LogP contribution in [0.4, 0.5) is 5.69 Å². The van der Waals surface area contributed by atoms with Crippen molar-refractivity contribution in [3.8, 4) is 5.75 Å². The zero-order valence-corrected chi connectivity index (χ0v) is 15.3. The van der Waals surface area contributed by atoms with Crippen molar-refractivity contribution in [3.63, 3.8) is 0 Å². The summed E-state index contributed by atoms with van der Waals surface area (Å²) in [5, 5.41) is 3.09. The minimum absolute atomic E-state index is 0. The van der Waals surface area contributed by atoms with Crippen molar-refractivity contribution >= 4 is 35.6 Å². The Morgan fingerprint density at radius 3 is 2.67 bits per heavy atom. The van der Waals surface area contributed by atoms with Gasteiger partial charge in [0.05, 0.1) is 19.3 Å². The minimum Gasteiger partial charge on any atom is -0.497 e. The van der Waals surface area contributed by atoms with Gasteiger partial charge in [0.2, 0.25) is 0 Å². The SMILES string of the molecule is COc1cccc(NC(N)=NC2CC(OC)C2(C)C)c1.I. The van der Waals surface area contributed by atoms with Gasteiger partial charge in [-0.3, -0.25) is 0 Å². The standard InChI is InChI=1S/C15H23N3O2.HI/c1-15(2)12(9-13(15)20-4)18-14(16)17-10-6-5-7-11(8-10)19-3;/h5-8,12-13H,9H2,1-4H3,(H3,16,17,18);1H. The molecule has 0 heterocycles. The summed E-state index contributed by atoms with van der Waals surface area (Å²) in [4.78, 5) is 4.55. The predicted molar refractivity (Wildman–Crippen MR) is 96.6 cm³/mol. The smallest absolute Gasteiger partial charge is 0.193 e. The van der Waals surface area contributed by atoms with Crippen LogP contribution in [0.2, 0.25) is 0 Å². The lowest BCUT2D eigenvalue weighted by atomic mass is 9.65. The highest BCUT2D eigenvalue weighted by Crippen LogP contribution is 2.44. The van der Waals surface area contributed by atoms with E-state index in [4.69, 9.17) is 15.2 Å². The van der Waals surface area contributed by atoms with E-state index in [1.54, 1.807) is 14.2 Å². The molecule has 6 heteroatoms. The summed E-state index contributed by atoms with van der Waals surface area (Å²) in [5.74, 6) is 1.21. The molecule has 1 aromatic carbocycles. The largest absolute Gasteiger partial charge is 0.497 e. The van der Waals surface area contributed by atoms with Gasteiger partial charge < -0.3 is 20.5 Å². The number of hydrogen-bond acceptors (Lipinski definition) is 3. The molecule has 1 aliphatic rings. The van der Waals surface area contributed by atoms with E-state index in [2.05, 4.69) is 24.2 Å². The maximum atomic E-state index is 5.97. The van der Waals surface area contributed by atoms with Crippen LogP contribution in [0, 0.1) is 5.41 Å². The van der Waals surface area contributed by atoms with Crippen LogP contribution in [0.3, 0.4) is 0 Å². The monoisotopic (exact) mass is 405 g/mol. The summed E-state index contributed by atoms with van der Waals surface area (Å²) in [6.45, 7) is 4.30. The second kappa shape index (κ2) is 7.31. The highest BCUT2D eigenvalue weighted by molar-refractivity contribution is 14.0. The lowest BCUT2D eigenvalue weighted by Gasteiger charge is -2.48. The molecule has 3 N–H and O–H groups in total. The molecule has 0 aliphatic heterocycles. The topological polar surface area (TPSA) is 68.9 Å². The molecule has 0 aromatic heterocycles. The van der Waals surface area contributed by atoms with Gasteiger partial charge in [-0.1, -0.05) is 19.9 Å². The molecular formula is C15H24IN3O2. The summed E-state index contributed by atoms with van der Waals surface area (Å²) in [7, 11) is 3.38. The number of hydrogen-bond donors (Lipinski definition) is 2. The molecule has 0 bridgehead atoms. The zero-order valence-electron chi connectivity index (χ0n) is 12.9. The van der Waals surface area contributed by atoms with Gasteiger partial charge in [0, 0.05) is 24.3 Å². The van der Waals surface area contributed by atoms with Crippen LogP contribution in [-0.4, -0.2) is 32.3 Å². The molecule has 2 rings (SSSR count). The Hall–Kier alpha value is -1.02. The normalized spacial score (nSPS) is 23.7. The molecule has 118 valence electrons. The Balaban J connectivity index is 0.00000220. The summed E-state index contributed by atoms with van der Waals surface area (Å²) >= 11 is 0. The molecule has 1 aromatic rings. The number of rotatable bonds is 4. The average Bonchev–Trinajstić information content (AvgIpc) is 2.43. The maximum Gasteiger partial charge on any atom is 0.193 e. The van der Waals surface area contributed by atoms with Gasteiger partial charge in [0.1, 0.15) is 5.75 Å². The number of aliphatic imine (C=N–C) groups is 1. The van der Waals surface area contributed by atoms with Gasteiger partial charge in [-0.25, -0.2) is 4.99 Å². The van der Waals surface area contributed by atoms with Crippen molar-refractivity contribution < 1.29 is 9.47 Å². The van der Waals surface area contributed by atoms with E-state index in [0.29, 0.717) is 5.96 Å². The van der Waals surface area contributed by atoms with Crippen LogP contribution < -0.4 is 15.8 Å². The van der Waals surface area contributed by atoms with Crippen LogP contribution in [-0.2, 0) is 4.74 Å². The Morgan fingerprint density at radius 1 is 1.38 bits per heavy atom. The van der Waals surface area contributed by atoms with Gasteiger partial charge in [0.25, 0.3) is 0 Å². The third-order valence-corrected chi connectivity index (χ3v) is 4.05. The minimum atomic E-state index is 0. The quantitative estimate of drug-likeness (QED) is 0.459. The number of guanidine groups is 1. The molecule has 0 spiro atoms. The van der Waals surface area contributed by atoms with Crippen molar-refractivity contribution in [2.24, 2.45) is 16.1 Å². The van der Waals surface area contributed by atoms with Gasteiger partial charge >= 0.3 is 0 Å². The number of methoxy groups -OCH3 is 2. The summed E-state index contributed by atoms with van der Waals surface area (Å²) in [5.41, 5.74) is 6.86. The van der Waals surface area contributed by atoms with E-state index in [0.717, 1.165) is 17.9 Å². The first kappa shape index (κ1) is 18.0. The third kappa shape index (κ3) is 4.00. The van der Waals surface area contributed by atoms with E-state index < -0.39 is 0 Å². The molecule has 1 aliphatic carbocycles. The lowest BCUT2D eigenvalue weighted by molar-refractivity contribution is -0.0850. The summed E-state index contributed by atoms with van der Waals surface area (Å²) < 4.78 is 10.6. The van der Waals surface area contributed by atoms with Crippen LogP contribution in [0.25, 0.3) is 0 Å². The van der Waals surface area contributed by atoms with Crippen molar-refractivity contribution in [2.45, 2.75) is 32.4 Å². The number of nitrogens with two attached hydrogens (primary N) is 1. The number of nitrogens with zero attached hydrogens (tertiary/aromatic N) is 1. The van der Waals surface area contributed by atoms with Crippen LogP contribution in [0.5, 0.6) is 5.75 Å². The Bertz CT molecular complexity index is 505. The first-order chi connectivity index (χ1) is 9.47. The van der Waals surface area contributed by atoms with Gasteiger partial charge in [0.15, 0.2) is 5.96 Å². The first-order valence-corrected chi connectivity index (χ1v) is 6.74. The Labute approximate surface area is 143 Å². The number of ether oxygens (including phenoxy) is 2. The Kier molecular flexibility index (Phi) is 6.27. The first-order valence-electron chi connectivity index (χ1n) is 6.74. The van der Waals surface area contributed by atoms with Crippen molar-refractivity contribution in [3.05, 3.63) is 24.3 Å². The van der Waals surface area contributed by atoms with E-state index in [1.165, 1.54) is 0 Å². The van der Waals surface area contributed by atoms with Crippen molar-refractivity contribution in [1.29, 1.82) is 0 Å². The Morgan fingerprint density at radius 2 is 2.10 bits per heavy atom. The number of anilines is 1. The van der Waals surface area contributed by atoms with E-state index in [9.17, 15) is 0 Å². The molecular weight excluding hydrogens is 381 g/mol. The molecule has 0 radical (unpaired) electrons. The zero-order chi connectivity index (χ0) is 14.8. The predicted octanol–water partition coefficient (Wildman–Crippen LogP) is 2.85. The fraction of sp³-hybridized carbons (Fsp3) is 0.533. The molecule has 1 fully saturated rings. The number of halogens is 1. The molecule has 21 heavy (non-hydrogen) atoms. The van der Waals surface area contributed by atoms with E-state index in [-0.39, 0.29) is 41.5 Å². The van der Waals surface area contributed by atoms with Gasteiger partial charge in [-0.2, -0.15) is 0 Å². The third-order valence-electron chi connectivity index (χ3n) is 4.05. The molecule has 0 amide bonds. The summed E-state index contributed by atoms with van der Waals surface area (Å²) in [6.07, 6.45) is 1.16. The molecule has 0 saturated heterocycles. The summed E-state index contributed by atoms with van der Waals surface area (Å²) in [6, 6.07) is 7.78. The maximum absolute atomic E-state index is 5.97. The van der Waals surface area contributed by atoms with Crippen molar-refractivity contribution in [2.75, 3.05) is 19.5 Å². The average molecular weight is 405 g/mol. The fourth-order valence-electron chi connectivity index (χ4n) is 2.53. The molecule has 2 unspecified atom stereocenters. The number of benzene rings is 1.